The van der Waals surface area contributed by atoms with Crippen LogP contribution in [0.3, 0.4) is 0 Å². The van der Waals surface area contributed by atoms with Gasteiger partial charge in [0, 0.05) is 20.1 Å². The fourth-order valence-corrected chi connectivity index (χ4v) is 6.26. The number of hydrogen-bond acceptors (Lipinski definition) is 3. The Hall–Kier alpha value is -1.94. The molecule has 3 nitrogen and oxygen atoms in total. The van der Waals surface area contributed by atoms with E-state index in [0.717, 1.165) is 22.3 Å². The van der Waals surface area contributed by atoms with Gasteiger partial charge in [0.15, 0.2) is 13.6 Å². The van der Waals surface area contributed by atoms with Crippen molar-refractivity contribution >= 4 is 56.3 Å². The first-order valence-corrected chi connectivity index (χ1v) is 12.2. The van der Waals surface area contributed by atoms with Gasteiger partial charge in [-0.05, 0) is 106 Å². The molecule has 0 fully saturated rings. The van der Waals surface area contributed by atoms with Gasteiger partial charge < -0.3 is 0 Å². The monoisotopic (exact) mass is 545 g/mol. The summed E-state index contributed by atoms with van der Waals surface area (Å²) in [7, 11) is -2.47. The van der Waals surface area contributed by atoms with Crippen LogP contribution in [-0.4, -0.2) is 11.3 Å². The molecule has 0 spiro atoms. The number of halogens is 2. The van der Waals surface area contributed by atoms with Crippen LogP contribution < -0.4 is 5.30 Å². The number of rotatable bonds is 5. The highest BCUT2D eigenvalue weighted by Gasteiger charge is 2.27. The van der Waals surface area contributed by atoms with Gasteiger partial charge in [0.1, 0.15) is 0 Å². The normalized spacial score (nSPS) is 11.3. The minimum absolute atomic E-state index is 0.252. The molecule has 1 radical (unpaired) electrons. The summed E-state index contributed by atoms with van der Waals surface area (Å²) in [6, 6.07) is 13.9. The number of carbonyl (C=O) groups is 2. The number of hydrogen-bond donors (Lipinski definition) is 0. The van der Waals surface area contributed by atoms with Crippen molar-refractivity contribution in [3.63, 3.8) is 0 Å². The number of carbonyl (C=O) groups excluding carboxylic acids is 2. The molecular formula is C24H20Br2O3P. The largest absolute Gasteiger partial charge is 0.288 e. The van der Waals surface area contributed by atoms with Crippen LogP contribution in [0, 0.1) is 27.7 Å². The van der Waals surface area contributed by atoms with Crippen molar-refractivity contribution in [2.75, 3.05) is 0 Å². The maximum absolute atomic E-state index is 13.4. The molecule has 153 valence electrons. The topological polar surface area (TPSA) is 51.2 Å². The fraction of sp³-hybridized carbons (Fsp3) is 0.167. The number of benzene rings is 3. The van der Waals surface area contributed by atoms with Crippen molar-refractivity contribution in [2.24, 2.45) is 0 Å². The van der Waals surface area contributed by atoms with Crippen LogP contribution in [0.4, 0.5) is 0 Å². The summed E-state index contributed by atoms with van der Waals surface area (Å²) in [6.45, 7) is 7.68. The quantitative estimate of drug-likeness (QED) is 0.256. The Balaban J connectivity index is 2.11. The predicted molar refractivity (Wildman–Crippen MR) is 129 cm³/mol. The molecule has 0 heterocycles. The van der Waals surface area contributed by atoms with Gasteiger partial charge >= 0.3 is 0 Å². The van der Waals surface area contributed by atoms with E-state index in [1.807, 2.05) is 39.8 Å². The molecule has 0 N–H and O–H groups in total. The van der Waals surface area contributed by atoms with E-state index < -0.39 is 13.3 Å². The molecule has 0 aliphatic carbocycles. The second-order valence-electron chi connectivity index (χ2n) is 7.18. The van der Waals surface area contributed by atoms with E-state index in [1.165, 1.54) is 0 Å². The Morgan fingerprint density at radius 2 is 1.37 bits per heavy atom. The highest BCUT2D eigenvalue weighted by Crippen LogP contribution is 2.34. The van der Waals surface area contributed by atoms with E-state index >= 15 is 0 Å². The van der Waals surface area contributed by atoms with Gasteiger partial charge in [-0.25, -0.2) is 0 Å². The van der Waals surface area contributed by atoms with E-state index in [9.17, 15) is 14.2 Å². The molecule has 6 heteroatoms. The molecule has 0 saturated heterocycles. The fourth-order valence-electron chi connectivity index (χ4n) is 3.52. The molecule has 0 amide bonds. The van der Waals surface area contributed by atoms with E-state index in [4.69, 9.17) is 0 Å². The molecule has 1 atom stereocenters. The smallest absolute Gasteiger partial charge is 0.247 e. The Bertz CT molecular complexity index is 1200. The van der Waals surface area contributed by atoms with E-state index in [0.29, 0.717) is 20.1 Å². The lowest BCUT2D eigenvalue weighted by atomic mass is 9.95. The molecule has 3 aromatic carbocycles. The van der Waals surface area contributed by atoms with Gasteiger partial charge in [-0.15, -0.1) is 0 Å². The molecule has 3 rings (SSSR count). The summed E-state index contributed by atoms with van der Waals surface area (Å²) in [5.74, 6) is -0.297. The zero-order valence-corrected chi connectivity index (χ0v) is 21.1. The van der Waals surface area contributed by atoms with Crippen LogP contribution in [0.2, 0.25) is 0 Å². The van der Waals surface area contributed by atoms with Crippen LogP contribution in [0.1, 0.15) is 48.5 Å². The van der Waals surface area contributed by atoms with Gasteiger partial charge in [0.05, 0.1) is 10.9 Å². The van der Waals surface area contributed by atoms with Crippen molar-refractivity contribution in [3.05, 3.63) is 96.4 Å². The van der Waals surface area contributed by atoms with Gasteiger partial charge in [-0.3, -0.25) is 14.2 Å². The van der Waals surface area contributed by atoms with Crippen LogP contribution in [-0.2, 0) is 4.57 Å². The zero-order valence-electron chi connectivity index (χ0n) is 17.0. The SMILES string of the molecule is Cc1cc(C)c(C(=O)[P](=O)c2ccccc2C(=O)c2c(Br)cccc2Br)c(C)c1C. The number of ketones is 1. The van der Waals surface area contributed by atoms with Crippen molar-refractivity contribution in [1.82, 2.24) is 0 Å². The molecule has 0 aromatic heterocycles. The molecule has 0 aliphatic rings. The Labute approximate surface area is 193 Å². The first-order chi connectivity index (χ1) is 14.1. The molecule has 0 bridgehead atoms. The molecule has 0 aliphatic heterocycles. The standard InChI is InChI=1S/C24H20Br2O3P/c1-13-12-14(2)21(16(4)15(13)3)24(28)30(29)20-11-6-5-8-17(20)23(27)22-18(25)9-7-10-19(22)26/h5-12H,1-4H3. The lowest BCUT2D eigenvalue weighted by molar-refractivity contribution is 0.103. The second kappa shape index (κ2) is 9.05. The Morgan fingerprint density at radius 3 is 2.00 bits per heavy atom. The summed E-state index contributed by atoms with van der Waals surface area (Å²) in [5, 5.41) is 0.252. The third-order valence-electron chi connectivity index (χ3n) is 5.31. The Morgan fingerprint density at radius 1 is 0.767 bits per heavy atom. The van der Waals surface area contributed by atoms with E-state index in [1.54, 1.807) is 36.4 Å². The minimum Gasteiger partial charge on any atom is -0.288 e. The van der Waals surface area contributed by atoms with Gasteiger partial charge in [-0.2, -0.15) is 0 Å². The highest BCUT2D eigenvalue weighted by molar-refractivity contribution is 9.11. The molecule has 3 aromatic rings. The van der Waals surface area contributed by atoms with Crippen LogP contribution in [0.25, 0.3) is 0 Å². The van der Waals surface area contributed by atoms with Gasteiger partial charge in [0.25, 0.3) is 0 Å². The molecular weight excluding hydrogens is 527 g/mol. The molecule has 0 saturated carbocycles. The van der Waals surface area contributed by atoms with Crippen molar-refractivity contribution in [2.45, 2.75) is 27.7 Å². The second-order valence-corrected chi connectivity index (χ2v) is 10.4. The summed E-state index contributed by atoms with van der Waals surface area (Å²) < 4.78 is 14.6. The maximum Gasteiger partial charge on any atom is 0.247 e. The summed E-state index contributed by atoms with van der Waals surface area (Å²) >= 11 is 6.83. The summed E-state index contributed by atoms with van der Waals surface area (Å²) in [4.78, 5) is 26.6. The highest BCUT2D eigenvalue weighted by atomic mass is 79.9. The maximum atomic E-state index is 13.4. The van der Waals surface area contributed by atoms with Gasteiger partial charge in [-0.1, -0.05) is 24.3 Å². The zero-order chi connectivity index (χ0) is 22.2. The summed E-state index contributed by atoms with van der Waals surface area (Å²) in [6.07, 6.45) is 0. The molecule has 1 unspecified atom stereocenters. The van der Waals surface area contributed by atoms with Crippen LogP contribution in [0.15, 0.2) is 57.5 Å². The minimum atomic E-state index is -2.47. The third kappa shape index (κ3) is 4.12. The van der Waals surface area contributed by atoms with E-state index in [2.05, 4.69) is 31.9 Å². The van der Waals surface area contributed by atoms with Crippen LogP contribution >= 0.6 is 39.7 Å². The van der Waals surface area contributed by atoms with E-state index in [-0.39, 0.29) is 16.7 Å². The predicted octanol–water partition coefficient (Wildman–Crippen LogP) is 6.97. The lowest BCUT2D eigenvalue weighted by Gasteiger charge is -2.15. The lowest BCUT2D eigenvalue weighted by Crippen LogP contribution is -2.17. The summed E-state index contributed by atoms with van der Waals surface area (Å²) in [5.41, 5.74) is 4.44. The third-order valence-corrected chi connectivity index (χ3v) is 8.05. The number of aryl methyl sites for hydroxylation is 2. The van der Waals surface area contributed by atoms with Crippen LogP contribution in [0.5, 0.6) is 0 Å². The first kappa shape index (κ1) is 22.7. The van der Waals surface area contributed by atoms with Crippen molar-refractivity contribution in [3.8, 4) is 0 Å². The average molecular weight is 547 g/mol. The Kier molecular flexibility index (Phi) is 6.86. The van der Waals surface area contributed by atoms with Crippen molar-refractivity contribution in [1.29, 1.82) is 0 Å². The first-order valence-electron chi connectivity index (χ1n) is 9.31. The van der Waals surface area contributed by atoms with Gasteiger partial charge in [0.2, 0.25) is 5.52 Å². The van der Waals surface area contributed by atoms with Crippen molar-refractivity contribution < 1.29 is 14.2 Å². The average Bonchev–Trinajstić information content (AvgIpc) is 2.71. The molecule has 30 heavy (non-hydrogen) atoms.